The molecular weight excluding hydrogens is 320 g/mol. The highest BCUT2D eigenvalue weighted by atomic mass is 16.5. The Morgan fingerprint density at radius 2 is 2.24 bits per heavy atom. The molecule has 0 spiro atoms. The Balaban J connectivity index is 1.45. The van der Waals surface area contributed by atoms with Gasteiger partial charge in [0.05, 0.1) is 5.69 Å². The summed E-state index contributed by atoms with van der Waals surface area (Å²) >= 11 is 0. The van der Waals surface area contributed by atoms with Gasteiger partial charge in [-0.1, -0.05) is 12.1 Å². The van der Waals surface area contributed by atoms with Crippen LogP contribution in [0.1, 0.15) is 19.2 Å². The summed E-state index contributed by atoms with van der Waals surface area (Å²) in [6.07, 6.45) is 4.81. The van der Waals surface area contributed by atoms with Crippen molar-refractivity contribution in [1.29, 1.82) is 0 Å². The number of amides is 2. The maximum absolute atomic E-state index is 12.5. The third-order valence-corrected chi connectivity index (χ3v) is 4.68. The molecule has 7 heteroatoms. The molecule has 7 nitrogen and oxygen atoms in total. The summed E-state index contributed by atoms with van der Waals surface area (Å²) in [5.41, 5.74) is 0.640. The molecule has 0 unspecified atom stereocenters. The fourth-order valence-corrected chi connectivity index (χ4v) is 3.42. The highest BCUT2D eigenvalue weighted by Gasteiger charge is 2.33. The van der Waals surface area contributed by atoms with Crippen LogP contribution < -0.4 is 15.0 Å². The molecule has 1 aromatic heterocycles. The van der Waals surface area contributed by atoms with Gasteiger partial charge in [0, 0.05) is 31.4 Å². The Kier molecular flexibility index (Phi) is 3.91. The minimum Gasteiger partial charge on any atom is -0.479 e. The summed E-state index contributed by atoms with van der Waals surface area (Å²) in [6.45, 7) is 2.41. The lowest BCUT2D eigenvalue weighted by atomic mass is 10.1. The van der Waals surface area contributed by atoms with E-state index in [0.717, 1.165) is 18.7 Å². The van der Waals surface area contributed by atoms with Crippen molar-refractivity contribution in [2.75, 3.05) is 11.4 Å². The molecule has 4 rings (SSSR count). The van der Waals surface area contributed by atoms with Crippen LogP contribution in [0.2, 0.25) is 0 Å². The number of para-hydroxylation sites is 2. The van der Waals surface area contributed by atoms with Gasteiger partial charge in [0.1, 0.15) is 18.1 Å². The number of anilines is 1. The number of rotatable bonds is 3. The molecule has 0 fully saturated rings. The third kappa shape index (κ3) is 2.97. The van der Waals surface area contributed by atoms with Gasteiger partial charge in [0.2, 0.25) is 5.91 Å². The van der Waals surface area contributed by atoms with Crippen molar-refractivity contribution in [1.82, 2.24) is 14.9 Å². The van der Waals surface area contributed by atoms with E-state index in [0.29, 0.717) is 18.0 Å². The molecular formula is C18H20N4O3. The summed E-state index contributed by atoms with van der Waals surface area (Å²) in [4.78, 5) is 30.8. The van der Waals surface area contributed by atoms with Crippen LogP contribution >= 0.6 is 0 Å². The van der Waals surface area contributed by atoms with Gasteiger partial charge in [-0.2, -0.15) is 0 Å². The van der Waals surface area contributed by atoms with E-state index in [1.807, 2.05) is 24.4 Å². The Labute approximate surface area is 145 Å². The van der Waals surface area contributed by atoms with Gasteiger partial charge >= 0.3 is 0 Å². The number of imidazole rings is 1. The van der Waals surface area contributed by atoms with Crippen molar-refractivity contribution in [3.05, 3.63) is 42.5 Å². The monoisotopic (exact) mass is 340 g/mol. The standard InChI is InChI=1S/C18H20N4O3/c1-12-18(24)22(14-4-2-3-5-15(14)25-12)11-17(23)20-13-6-7-16-19-8-9-21(16)10-13/h2-5,8-9,12-13H,6-7,10-11H2,1H3,(H,20,23)/t12-,13+/m1/s1. The smallest absolute Gasteiger partial charge is 0.268 e. The number of benzene rings is 1. The van der Waals surface area contributed by atoms with E-state index in [-0.39, 0.29) is 24.4 Å². The quantitative estimate of drug-likeness (QED) is 0.909. The van der Waals surface area contributed by atoms with Crippen LogP contribution in [-0.4, -0.2) is 40.1 Å². The molecule has 3 heterocycles. The number of aryl methyl sites for hydroxylation is 1. The van der Waals surface area contributed by atoms with Crippen molar-refractivity contribution >= 4 is 17.5 Å². The van der Waals surface area contributed by atoms with Crippen molar-refractivity contribution in [2.45, 2.75) is 38.5 Å². The number of hydrogen-bond donors (Lipinski definition) is 1. The zero-order chi connectivity index (χ0) is 17.4. The zero-order valence-corrected chi connectivity index (χ0v) is 14.0. The number of hydrogen-bond acceptors (Lipinski definition) is 4. The minimum absolute atomic E-state index is 0.00314. The molecule has 2 aliphatic heterocycles. The first-order valence-corrected chi connectivity index (χ1v) is 8.48. The summed E-state index contributed by atoms with van der Waals surface area (Å²) in [6, 6.07) is 7.34. The molecule has 0 saturated heterocycles. The second-order valence-electron chi connectivity index (χ2n) is 6.45. The Morgan fingerprint density at radius 3 is 3.12 bits per heavy atom. The van der Waals surface area contributed by atoms with Gasteiger partial charge in [-0.05, 0) is 25.5 Å². The average Bonchev–Trinajstić information content (AvgIpc) is 3.06. The van der Waals surface area contributed by atoms with Crippen LogP contribution in [0.4, 0.5) is 5.69 Å². The van der Waals surface area contributed by atoms with E-state index in [2.05, 4.69) is 14.9 Å². The maximum Gasteiger partial charge on any atom is 0.268 e. The topological polar surface area (TPSA) is 76.5 Å². The molecule has 25 heavy (non-hydrogen) atoms. The fourth-order valence-electron chi connectivity index (χ4n) is 3.42. The number of ether oxygens (including phenoxy) is 1. The molecule has 2 amide bonds. The van der Waals surface area contributed by atoms with E-state index in [9.17, 15) is 9.59 Å². The number of carbonyl (C=O) groups excluding carboxylic acids is 2. The van der Waals surface area contributed by atoms with Gasteiger partial charge in [-0.25, -0.2) is 4.98 Å². The Morgan fingerprint density at radius 1 is 1.40 bits per heavy atom. The van der Waals surface area contributed by atoms with Crippen LogP contribution in [0.3, 0.4) is 0 Å². The number of nitrogens with one attached hydrogen (secondary N) is 1. The molecule has 2 aromatic rings. The first-order chi connectivity index (χ1) is 12.1. The molecule has 0 aliphatic carbocycles. The van der Waals surface area contributed by atoms with Crippen molar-refractivity contribution in [3.8, 4) is 5.75 Å². The number of carbonyl (C=O) groups is 2. The minimum atomic E-state index is -0.592. The fraction of sp³-hybridized carbons (Fsp3) is 0.389. The molecule has 1 aromatic carbocycles. The average molecular weight is 340 g/mol. The highest BCUT2D eigenvalue weighted by Crippen LogP contribution is 2.33. The van der Waals surface area contributed by atoms with Crippen molar-refractivity contribution < 1.29 is 14.3 Å². The summed E-state index contributed by atoms with van der Waals surface area (Å²) in [7, 11) is 0. The summed E-state index contributed by atoms with van der Waals surface area (Å²) in [5.74, 6) is 1.32. The number of nitrogens with zero attached hydrogens (tertiary/aromatic N) is 3. The van der Waals surface area contributed by atoms with Gasteiger partial charge < -0.3 is 14.6 Å². The first-order valence-electron chi connectivity index (χ1n) is 8.48. The van der Waals surface area contributed by atoms with Gasteiger partial charge in [0.25, 0.3) is 5.91 Å². The Hall–Kier alpha value is -2.83. The lowest BCUT2D eigenvalue weighted by molar-refractivity contribution is -0.128. The molecule has 1 N–H and O–H groups in total. The third-order valence-electron chi connectivity index (χ3n) is 4.68. The molecule has 2 aliphatic rings. The zero-order valence-electron chi connectivity index (χ0n) is 14.0. The maximum atomic E-state index is 12.5. The number of aromatic nitrogens is 2. The van der Waals surface area contributed by atoms with Crippen LogP contribution in [0.25, 0.3) is 0 Å². The molecule has 2 atom stereocenters. The first kappa shape index (κ1) is 15.7. The van der Waals surface area contributed by atoms with Crippen LogP contribution in [0.5, 0.6) is 5.75 Å². The van der Waals surface area contributed by atoms with Crippen LogP contribution in [0.15, 0.2) is 36.7 Å². The molecule has 0 saturated carbocycles. The lowest BCUT2D eigenvalue weighted by Crippen LogP contribution is -2.51. The second kappa shape index (κ2) is 6.23. The van der Waals surface area contributed by atoms with Crippen LogP contribution in [-0.2, 0) is 22.6 Å². The van der Waals surface area contributed by atoms with Crippen molar-refractivity contribution in [2.24, 2.45) is 0 Å². The van der Waals surface area contributed by atoms with E-state index < -0.39 is 6.10 Å². The van der Waals surface area contributed by atoms with Crippen molar-refractivity contribution in [3.63, 3.8) is 0 Å². The van der Waals surface area contributed by atoms with Crippen LogP contribution in [0, 0.1) is 0 Å². The summed E-state index contributed by atoms with van der Waals surface area (Å²) in [5, 5.41) is 3.04. The van der Waals surface area contributed by atoms with E-state index in [1.165, 1.54) is 4.90 Å². The molecule has 0 radical (unpaired) electrons. The van der Waals surface area contributed by atoms with E-state index >= 15 is 0 Å². The highest BCUT2D eigenvalue weighted by molar-refractivity contribution is 6.03. The lowest BCUT2D eigenvalue weighted by Gasteiger charge is -2.33. The Bertz CT molecular complexity index is 816. The predicted molar refractivity (Wildman–Crippen MR) is 91.4 cm³/mol. The normalized spacial score (nSPS) is 22.0. The molecule has 0 bridgehead atoms. The molecule has 130 valence electrons. The largest absolute Gasteiger partial charge is 0.479 e. The predicted octanol–water partition coefficient (Wildman–Crippen LogP) is 1.13. The SMILES string of the molecule is C[C@H]1Oc2ccccc2N(CC(=O)N[C@H]2CCc3nccn3C2)C1=O. The van der Waals surface area contributed by atoms with Gasteiger partial charge in [0.15, 0.2) is 6.10 Å². The van der Waals surface area contributed by atoms with E-state index in [1.54, 1.807) is 19.2 Å². The number of fused-ring (bicyclic) bond motifs is 2. The second-order valence-corrected chi connectivity index (χ2v) is 6.45. The summed E-state index contributed by atoms with van der Waals surface area (Å²) < 4.78 is 7.66. The van der Waals surface area contributed by atoms with E-state index in [4.69, 9.17) is 4.74 Å². The van der Waals surface area contributed by atoms with Gasteiger partial charge in [-0.3, -0.25) is 14.5 Å². The van der Waals surface area contributed by atoms with Gasteiger partial charge in [-0.15, -0.1) is 0 Å².